The van der Waals surface area contributed by atoms with Crippen LogP contribution in [0.4, 0.5) is 0 Å². The molecule has 1 N–H and O–H groups in total. The highest BCUT2D eigenvalue weighted by Crippen LogP contribution is 2.45. The number of ether oxygens (including phenoxy) is 1. The van der Waals surface area contributed by atoms with Crippen molar-refractivity contribution in [2.45, 2.75) is 52.2 Å². The summed E-state index contributed by atoms with van der Waals surface area (Å²) in [6.07, 6.45) is 3.56. The molecule has 0 saturated heterocycles. The average molecular weight is 229 g/mol. The van der Waals surface area contributed by atoms with E-state index in [9.17, 15) is 0 Å². The first-order valence-corrected chi connectivity index (χ1v) is 6.46. The predicted molar refractivity (Wildman–Crippen MR) is 66.5 cm³/mol. The summed E-state index contributed by atoms with van der Waals surface area (Å²) < 4.78 is 5.73. The maximum Gasteiger partial charge on any atom is 0.0655 e. The Morgan fingerprint density at radius 3 is 2.56 bits per heavy atom. The van der Waals surface area contributed by atoms with Gasteiger partial charge in [-0.2, -0.15) is 0 Å². The van der Waals surface area contributed by atoms with Crippen molar-refractivity contribution in [3.63, 3.8) is 0 Å². The highest BCUT2D eigenvalue weighted by Gasteiger charge is 2.50. The number of hydrogen-bond acceptors (Lipinski definition) is 3. The van der Waals surface area contributed by atoms with E-state index < -0.39 is 0 Å². The van der Waals surface area contributed by atoms with Gasteiger partial charge < -0.3 is 14.7 Å². The lowest BCUT2D eigenvalue weighted by atomic mass is 9.64. The van der Waals surface area contributed by atoms with E-state index in [0.717, 1.165) is 32.4 Å². The molecule has 3 heteroatoms. The van der Waals surface area contributed by atoms with E-state index in [1.807, 2.05) is 0 Å². The lowest BCUT2D eigenvalue weighted by Crippen LogP contribution is -2.61. The molecule has 0 spiro atoms. The Morgan fingerprint density at radius 1 is 1.38 bits per heavy atom. The molecule has 1 saturated carbocycles. The van der Waals surface area contributed by atoms with Crippen molar-refractivity contribution in [3.05, 3.63) is 0 Å². The number of aliphatic hydroxyl groups is 1. The third kappa shape index (κ3) is 2.96. The molecule has 16 heavy (non-hydrogen) atoms. The molecule has 0 aromatic carbocycles. The Morgan fingerprint density at radius 2 is 2.06 bits per heavy atom. The van der Waals surface area contributed by atoms with Crippen LogP contribution in [0.5, 0.6) is 0 Å². The van der Waals surface area contributed by atoms with Gasteiger partial charge in [0.15, 0.2) is 0 Å². The normalized spacial score (nSPS) is 28.1. The largest absolute Gasteiger partial charge is 0.396 e. The zero-order chi connectivity index (χ0) is 12.2. The molecule has 0 amide bonds. The van der Waals surface area contributed by atoms with Gasteiger partial charge in [-0.25, -0.2) is 0 Å². The minimum absolute atomic E-state index is 0.268. The molecule has 0 aromatic rings. The molecule has 1 fully saturated rings. The number of hydrogen-bond donors (Lipinski definition) is 1. The van der Waals surface area contributed by atoms with Gasteiger partial charge in [0.05, 0.1) is 6.10 Å². The van der Waals surface area contributed by atoms with E-state index in [2.05, 4.69) is 32.7 Å². The second-order valence-electron chi connectivity index (χ2n) is 5.43. The van der Waals surface area contributed by atoms with Gasteiger partial charge in [-0.1, -0.05) is 13.8 Å². The minimum Gasteiger partial charge on any atom is -0.396 e. The molecule has 0 heterocycles. The SMILES string of the molecule is CCOC1CC(N(C)CCCCO)C1(C)C. The van der Waals surface area contributed by atoms with E-state index in [1.54, 1.807) is 0 Å². The Labute approximate surface area is 99.8 Å². The van der Waals surface area contributed by atoms with Crippen LogP contribution in [-0.2, 0) is 4.74 Å². The van der Waals surface area contributed by atoms with Gasteiger partial charge in [0.1, 0.15) is 0 Å². The number of unbranched alkanes of at least 4 members (excludes halogenated alkanes) is 1. The van der Waals surface area contributed by atoms with Crippen molar-refractivity contribution in [2.75, 3.05) is 26.8 Å². The Kier molecular flexibility index (Phi) is 5.22. The van der Waals surface area contributed by atoms with Crippen molar-refractivity contribution in [1.29, 1.82) is 0 Å². The summed E-state index contributed by atoms with van der Waals surface area (Å²) in [5, 5.41) is 8.77. The standard InChI is InChI=1S/C13H27NO2/c1-5-16-12-10-11(13(12,2)3)14(4)8-6-7-9-15/h11-12,15H,5-10H2,1-4H3. The fourth-order valence-corrected chi connectivity index (χ4v) is 2.73. The molecule has 2 atom stereocenters. The summed E-state index contributed by atoms with van der Waals surface area (Å²) in [5.41, 5.74) is 0.268. The first kappa shape index (κ1) is 13.9. The molecule has 1 aliphatic carbocycles. The Hall–Kier alpha value is -0.120. The van der Waals surface area contributed by atoms with Crippen LogP contribution >= 0.6 is 0 Å². The van der Waals surface area contributed by atoms with Crippen LogP contribution in [0.1, 0.15) is 40.0 Å². The van der Waals surface area contributed by atoms with Crippen LogP contribution in [0, 0.1) is 5.41 Å². The maximum absolute atomic E-state index is 8.77. The summed E-state index contributed by atoms with van der Waals surface area (Å²) in [5.74, 6) is 0. The number of rotatable bonds is 7. The van der Waals surface area contributed by atoms with Crippen molar-refractivity contribution in [3.8, 4) is 0 Å². The molecular formula is C13H27NO2. The van der Waals surface area contributed by atoms with Crippen molar-refractivity contribution in [1.82, 2.24) is 4.90 Å². The van der Waals surface area contributed by atoms with Gasteiger partial charge in [0, 0.05) is 24.7 Å². The molecule has 3 nitrogen and oxygen atoms in total. The predicted octanol–water partition coefficient (Wildman–Crippen LogP) is 1.89. The average Bonchev–Trinajstić information content (AvgIpc) is 2.23. The van der Waals surface area contributed by atoms with Crippen molar-refractivity contribution < 1.29 is 9.84 Å². The smallest absolute Gasteiger partial charge is 0.0655 e. The van der Waals surface area contributed by atoms with E-state index in [-0.39, 0.29) is 5.41 Å². The molecule has 96 valence electrons. The van der Waals surface area contributed by atoms with Gasteiger partial charge in [0.25, 0.3) is 0 Å². The molecule has 0 aromatic heterocycles. The zero-order valence-electron chi connectivity index (χ0n) is 11.2. The molecule has 0 bridgehead atoms. The summed E-state index contributed by atoms with van der Waals surface area (Å²) in [4.78, 5) is 2.42. The lowest BCUT2D eigenvalue weighted by molar-refractivity contribution is -0.145. The number of nitrogens with zero attached hydrogens (tertiary/aromatic N) is 1. The summed E-state index contributed by atoms with van der Waals surface area (Å²) in [7, 11) is 2.19. The van der Waals surface area contributed by atoms with Crippen molar-refractivity contribution >= 4 is 0 Å². The molecule has 2 unspecified atom stereocenters. The van der Waals surface area contributed by atoms with Gasteiger partial charge in [0.2, 0.25) is 0 Å². The van der Waals surface area contributed by atoms with E-state index in [4.69, 9.17) is 9.84 Å². The fourth-order valence-electron chi connectivity index (χ4n) is 2.73. The maximum atomic E-state index is 8.77. The monoisotopic (exact) mass is 229 g/mol. The molecular weight excluding hydrogens is 202 g/mol. The number of aliphatic hydroxyl groups excluding tert-OH is 1. The Bertz CT molecular complexity index is 206. The Balaban J connectivity index is 2.33. The topological polar surface area (TPSA) is 32.7 Å². The first-order valence-electron chi connectivity index (χ1n) is 6.46. The third-order valence-corrected chi connectivity index (χ3v) is 3.94. The molecule has 0 aliphatic heterocycles. The van der Waals surface area contributed by atoms with Crippen LogP contribution in [0.2, 0.25) is 0 Å². The van der Waals surface area contributed by atoms with Crippen LogP contribution in [0.25, 0.3) is 0 Å². The van der Waals surface area contributed by atoms with Gasteiger partial charge >= 0.3 is 0 Å². The van der Waals surface area contributed by atoms with Crippen molar-refractivity contribution in [2.24, 2.45) is 5.41 Å². The van der Waals surface area contributed by atoms with Gasteiger partial charge in [-0.15, -0.1) is 0 Å². The second-order valence-corrected chi connectivity index (χ2v) is 5.43. The van der Waals surface area contributed by atoms with Gasteiger partial charge in [-0.3, -0.25) is 0 Å². The fraction of sp³-hybridized carbons (Fsp3) is 1.00. The highest BCUT2D eigenvalue weighted by molar-refractivity contribution is 5.03. The van der Waals surface area contributed by atoms with E-state index >= 15 is 0 Å². The van der Waals surface area contributed by atoms with Crippen LogP contribution in [0.15, 0.2) is 0 Å². The molecule has 1 rings (SSSR count). The van der Waals surface area contributed by atoms with Crippen LogP contribution in [0.3, 0.4) is 0 Å². The minimum atomic E-state index is 0.268. The molecule has 0 radical (unpaired) electrons. The highest BCUT2D eigenvalue weighted by atomic mass is 16.5. The quantitative estimate of drug-likeness (QED) is 0.677. The van der Waals surface area contributed by atoms with Gasteiger partial charge in [-0.05, 0) is 39.8 Å². The van der Waals surface area contributed by atoms with Crippen LogP contribution in [-0.4, -0.2) is 49.0 Å². The second kappa shape index (κ2) is 5.99. The van der Waals surface area contributed by atoms with Crippen LogP contribution < -0.4 is 0 Å². The summed E-state index contributed by atoms with van der Waals surface area (Å²) >= 11 is 0. The third-order valence-electron chi connectivity index (χ3n) is 3.94. The summed E-state index contributed by atoms with van der Waals surface area (Å²) in [6.45, 7) is 8.86. The van der Waals surface area contributed by atoms with E-state index in [1.165, 1.54) is 0 Å². The van der Waals surface area contributed by atoms with E-state index in [0.29, 0.717) is 18.8 Å². The summed E-state index contributed by atoms with van der Waals surface area (Å²) in [6, 6.07) is 0.628. The lowest BCUT2D eigenvalue weighted by Gasteiger charge is -2.55. The molecule has 1 aliphatic rings. The zero-order valence-corrected chi connectivity index (χ0v) is 11.2. The first-order chi connectivity index (χ1) is 7.54.